The van der Waals surface area contributed by atoms with Gasteiger partial charge in [0.05, 0.1) is 0 Å². The minimum absolute atomic E-state index is 0.0200. The van der Waals surface area contributed by atoms with Crippen LogP contribution in [0.15, 0.2) is 36.4 Å². The molecule has 1 unspecified atom stereocenters. The maximum Gasteiger partial charge on any atom is 0.433 e. The van der Waals surface area contributed by atoms with Gasteiger partial charge in [0, 0.05) is 28.7 Å². The van der Waals surface area contributed by atoms with Gasteiger partial charge in [-0.1, -0.05) is 12.1 Å². The molecule has 0 fully saturated rings. The highest BCUT2D eigenvalue weighted by atomic mass is 19.4. The van der Waals surface area contributed by atoms with E-state index in [0.717, 1.165) is 11.0 Å². The van der Waals surface area contributed by atoms with Gasteiger partial charge in [-0.15, -0.1) is 0 Å². The van der Waals surface area contributed by atoms with Gasteiger partial charge in [-0.2, -0.15) is 26.3 Å². The monoisotopic (exact) mass is 530 g/mol. The van der Waals surface area contributed by atoms with Gasteiger partial charge < -0.3 is 9.88 Å². The molecule has 2 aromatic carbocycles. The molecule has 3 heterocycles. The second-order valence-corrected chi connectivity index (χ2v) is 8.59. The number of aromatic nitrogens is 3. The largest absolute Gasteiger partial charge is 0.433 e. The van der Waals surface area contributed by atoms with Crippen LogP contribution in [0, 0.1) is 24.4 Å². The van der Waals surface area contributed by atoms with Gasteiger partial charge in [0.15, 0.2) is 23.0 Å². The van der Waals surface area contributed by atoms with Crippen molar-refractivity contribution in [1.29, 1.82) is 0 Å². The van der Waals surface area contributed by atoms with Crippen LogP contribution in [0.25, 0.3) is 10.9 Å². The minimum Gasteiger partial charge on any atom is -0.356 e. The van der Waals surface area contributed by atoms with Crippen molar-refractivity contribution in [2.75, 3.05) is 11.4 Å². The van der Waals surface area contributed by atoms with E-state index < -0.39 is 53.2 Å². The summed E-state index contributed by atoms with van der Waals surface area (Å²) in [6, 6.07) is 4.49. The van der Waals surface area contributed by atoms with Gasteiger partial charge in [0.25, 0.3) is 0 Å². The number of hydrogen-bond donors (Lipinski definition) is 1. The summed E-state index contributed by atoms with van der Waals surface area (Å²) in [6.07, 6.45) is -10.5. The number of fused-ring (bicyclic) bond motifs is 3. The summed E-state index contributed by atoms with van der Waals surface area (Å²) in [5.41, 5.74) is -3.12. The van der Waals surface area contributed by atoms with E-state index >= 15 is 4.39 Å². The molecule has 0 saturated carbocycles. The van der Waals surface area contributed by atoms with Crippen LogP contribution in [0.3, 0.4) is 0 Å². The number of hydrogen-bond acceptors (Lipinski definition) is 3. The summed E-state index contributed by atoms with van der Waals surface area (Å²) in [5.74, 6) is -4.12. The average Bonchev–Trinajstić information content (AvgIpc) is 3.19. The van der Waals surface area contributed by atoms with Crippen LogP contribution < -0.4 is 4.90 Å². The molecule has 13 heteroatoms. The zero-order valence-corrected chi connectivity index (χ0v) is 18.7. The molecule has 0 spiro atoms. The van der Waals surface area contributed by atoms with Crippen molar-refractivity contribution in [3.8, 4) is 0 Å². The Morgan fingerprint density at radius 1 is 0.865 bits per heavy atom. The number of benzene rings is 2. The van der Waals surface area contributed by atoms with E-state index in [1.165, 1.54) is 31.2 Å². The number of aryl methyl sites for hydroxylation is 1. The first-order valence-corrected chi connectivity index (χ1v) is 10.8. The van der Waals surface area contributed by atoms with Gasteiger partial charge in [0.2, 0.25) is 5.95 Å². The second-order valence-electron chi connectivity index (χ2n) is 8.59. The molecule has 4 aromatic rings. The molecule has 194 valence electrons. The molecule has 1 atom stereocenters. The van der Waals surface area contributed by atoms with Crippen LogP contribution in [0.4, 0.5) is 45.5 Å². The predicted octanol–water partition coefficient (Wildman–Crippen LogP) is 6.87. The lowest BCUT2D eigenvalue weighted by molar-refractivity contribution is -0.147. The standard InChI is InChI=1S/C24H15F9N4/c1-10-2-4-13(19(27)18(10)26)21-20-12(14-8-11(25)3-5-15(14)34-20)6-7-37(21)22-35-16(23(28,29)30)9-17(36-22)24(31,32)33/h2-5,8-9,21,34H,6-7H2,1H3. The van der Waals surface area contributed by atoms with E-state index in [4.69, 9.17) is 0 Å². The Hall–Kier alpha value is -3.77. The first kappa shape index (κ1) is 24.9. The van der Waals surface area contributed by atoms with Crippen molar-refractivity contribution in [3.63, 3.8) is 0 Å². The van der Waals surface area contributed by atoms with Gasteiger partial charge in [-0.05, 0) is 48.7 Å². The molecule has 1 aliphatic heterocycles. The number of halogens is 9. The van der Waals surface area contributed by atoms with E-state index in [1.54, 1.807) is 0 Å². The van der Waals surface area contributed by atoms with Crippen LogP contribution in [0.2, 0.25) is 0 Å². The van der Waals surface area contributed by atoms with Crippen molar-refractivity contribution < 1.29 is 39.5 Å². The third-order valence-corrected chi connectivity index (χ3v) is 6.24. The molecule has 37 heavy (non-hydrogen) atoms. The van der Waals surface area contributed by atoms with Crippen molar-refractivity contribution in [2.24, 2.45) is 0 Å². The highest BCUT2D eigenvalue weighted by Gasteiger charge is 2.42. The number of anilines is 1. The summed E-state index contributed by atoms with van der Waals surface area (Å²) in [7, 11) is 0. The Morgan fingerprint density at radius 3 is 2.14 bits per heavy atom. The molecule has 4 nitrogen and oxygen atoms in total. The van der Waals surface area contributed by atoms with Crippen LogP contribution in [0.5, 0.6) is 0 Å². The molecule has 0 aliphatic carbocycles. The topological polar surface area (TPSA) is 44.8 Å². The fourth-order valence-electron chi connectivity index (χ4n) is 4.53. The SMILES string of the molecule is Cc1ccc(C2c3[nH]c4ccc(F)cc4c3CCN2c2nc(C(F)(F)F)cc(C(F)(F)F)n2)c(F)c1F. The van der Waals surface area contributed by atoms with Crippen LogP contribution >= 0.6 is 0 Å². The summed E-state index contributed by atoms with van der Waals surface area (Å²) in [5, 5.41) is 0.397. The first-order chi connectivity index (χ1) is 17.3. The number of nitrogens with one attached hydrogen (secondary N) is 1. The normalized spacial score (nSPS) is 16.4. The molecule has 1 N–H and O–H groups in total. The van der Waals surface area contributed by atoms with Gasteiger partial charge in [0.1, 0.15) is 11.9 Å². The molecule has 0 bridgehead atoms. The van der Waals surface area contributed by atoms with Crippen molar-refractivity contribution in [3.05, 3.63) is 87.6 Å². The zero-order chi connectivity index (χ0) is 26.9. The maximum absolute atomic E-state index is 15.2. The Kier molecular flexibility index (Phi) is 5.64. The van der Waals surface area contributed by atoms with Crippen molar-refractivity contribution in [2.45, 2.75) is 31.7 Å². The van der Waals surface area contributed by atoms with Crippen LogP contribution in [-0.2, 0) is 18.8 Å². The summed E-state index contributed by atoms with van der Waals surface area (Å²) in [6.45, 7) is 1.03. The number of alkyl halides is 6. The maximum atomic E-state index is 15.2. The Labute approximate surface area is 202 Å². The van der Waals surface area contributed by atoms with E-state index in [9.17, 15) is 35.1 Å². The fraction of sp³-hybridized carbons (Fsp3) is 0.250. The minimum atomic E-state index is -5.24. The number of nitrogens with zero attached hydrogens (tertiary/aromatic N) is 3. The Balaban J connectivity index is 1.78. The lowest BCUT2D eigenvalue weighted by Crippen LogP contribution is -2.38. The predicted molar refractivity (Wildman–Crippen MR) is 114 cm³/mol. The molecule has 0 radical (unpaired) electrons. The smallest absolute Gasteiger partial charge is 0.356 e. The summed E-state index contributed by atoms with van der Waals surface area (Å²) < 4.78 is 125. The second kappa shape index (κ2) is 8.38. The van der Waals surface area contributed by atoms with E-state index in [1.807, 2.05) is 0 Å². The van der Waals surface area contributed by atoms with Gasteiger partial charge in [-0.3, -0.25) is 0 Å². The molecule has 1 aliphatic rings. The van der Waals surface area contributed by atoms with E-state index in [0.29, 0.717) is 16.5 Å². The van der Waals surface area contributed by atoms with Crippen molar-refractivity contribution >= 4 is 16.9 Å². The highest BCUT2D eigenvalue weighted by molar-refractivity contribution is 5.86. The average molecular weight is 530 g/mol. The molecule has 5 rings (SSSR count). The number of H-pyrrole nitrogens is 1. The van der Waals surface area contributed by atoms with Gasteiger partial charge >= 0.3 is 12.4 Å². The highest BCUT2D eigenvalue weighted by Crippen LogP contribution is 2.43. The van der Waals surface area contributed by atoms with Crippen LogP contribution in [-0.4, -0.2) is 21.5 Å². The fourth-order valence-corrected chi connectivity index (χ4v) is 4.53. The lowest BCUT2D eigenvalue weighted by atomic mass is 9.91. The third-order valence-electron chi connectivity index (χ3n) is 6.24. The number of rotatable bonds is 2. The van der Waals surface area contributed by atoms with Gasteiger partial charge in [-0.25, -0.2) is 23.1 Å². The third kappa shape index (κ3) is 4.25. The van der Waals surface area contributed by atoms with E-state index in [-0.39, 0.29) is 35.9 Å². The molecular formula is C24H15F9N4. The van der Waals surface area contributed by atoms with Crippen LogP contribution in [0.1, 0.15) is 39.8 Å². The molecule has 2 aromatic heterocycles. The number of aromatic amines is 1. The molecule has 0 amide bonds. The summed E-state index contributed by atoms with van der Waals surface area (Å²) in [4.78, 5) is 10.6. The van der Waals surface area contributed by atoms with E-state index in [2.05, 4.69) is 15.0 Å². The van der Waals surface area contributed by atoms with Crippen molar-refractivity contribution in [1.82, 2.24) is 15.0 Å². The zero-order valence-electron chi connectivity index (χ0n) is 18.7. The Morgan fingerprint density at radius 2 is 1.51 bits per heavy atom. The molecule has 0 saturated heterocycles. The first-order valence-electron chi connectivity index (χ1n) is 10.8. The quantitative estimate of drug-likeness (QED) is 0.288. The Bertz CT molecular complexity index is 1490. The lowest BCUT2D eigenvalue weighted by Gasteiger charge is -2.36. The summed E-state index contributed by atoms with van der Waals surface area (Å²) >= 11 is 0. The molecular weight excluding hydrogens is 515 g/mol.